The molecule has 0 aromatic rings. The molecule has 3 nitrogen and oxygen atoms in total. The predicted molar refractivity (Wildman–Crippen MR) is 110 cm³/mol. The summed E-state index contributed by atoms with van der Waals surface area (Å²) < 4.78 is 0. The molecule has 0 aromatic carbocycles. The number of hydrogen-bond acceptors (Lipinski definition) is 3. The van der Waals surface area contributed by atoms with Gasteiger partial charge in [-0.1, -0.05) is 27.7 Å². The van der Waals surface area contributed by atoms with E-state index in [1.54, 1.807) is 0 Å². The molecular formula is C24H44O3. The van der Waals surface area contributed by atoms with Gasteiger partial charge >= 0.3 is 0 Å². The minimum absolute atomic E-state index is 0.0847. The van der Waals surface area contributed by atoms with Crippen LogP contribution in [0.25, 0.3) is 0 Å². The Morgan fingerprint density at radius 1 is 0.519 bits per heavy atom. The minimum Gasteiger partial charge on any atom is -0.393 e. The van der Waals surface area contributed by atoms with E-state index >= 15 is 0 Å². The monoisotopic (exact) mass is 380 g/mol. The van der Waals surface area contributed by atoms with Crippen LogP contribution < -0.4 is 0 Å². The van der Waals surface area contributed by atoms with Crippen molar-refractivity contribution in [2.24, 2.45) is 34.5 Å². The van der Waals surface area contributed by atoms with Crippen molar-refractivity contribution in [3.05, 3.63) is 0 Å². The first kappa shape index (κ1) is 21.6. The largest absolute Gasteiger partial charge is 0.393 e. The molecule has 0 saturated heterocycles. The summed E-state index contributed by atoms with van der Waals surface area (Å²) in [5, 5.41) is 30.7. The summed E-state index contributed by atoms with van der Waals surface area (Å²) >= 11 is 0. The molecule has 3 fully saturated rings. The molecule has 0 amide bonds. The van der Waals surface area contributed by atoms with E-state index in [1.807, 2.05) is 0 Å². The van der Waals surface area contributed by atoms with Crippen LogP contribution >= 0.6 is 0 Å². The van der Waals surface area contributed by atoms with Crippen LogP contribution in [0.5, 0.6) is 0 Å². The smallest absolute Gasteiger partial charge is 0.0573 e. The van der Waals surface area contributed by atoms with Gasteiger partial charge in [-0.05, 0) is 105 Å². The molecule has 0 heterocycles. The van der Waals surface area contributed by atoms with Gasteiger partial charge in [0.25, 0.3) is 0 Å². The maximum atomic E-state index is 10.9. The van der Waals surface area contributed by atoms with Crippen LogP contribution in [0, 0.1) is 34.5 Å². The number of hydrogen-bond donors (Lipinski definition) is 3. The topological polar surface area (TPSA) is 60.7 Å². The first-order valence-corrected chi connectivity index (χ1v) is 11.7. The van der Waals surface area contributed by atoms with Crippen LogP contribution in [0.1, 0.15) is 98.3 Å². The lowest BCUT2D eigenvalue weighted by atomic mass is 9.53. The lowest BCUT2D eigenvalue weighted by molar-refractivity contribution is -0.0827. The zero-order valence-corrected chi connectivity index (χ0v) is 18.2. The molecule has 27 heavy (non-hydrogen) atoms. The summed E-state index contributed by atoms with van der Waals surface area (Å²) in [6, 6.07) is 0. The molecule has 0 radical (unpaired) electrons. The molecule has 3 aliphatic carbocycles. The van der Waals surface area contributed by atoms with Gasteiger partial charge < -0.3 is 15.3 Å². The van der Waals surface area contributed by atoms with Crippen molar-refractivity contribution in [1.82, 2.24) is 0 Å². The van der Waals surface area contributed by atoms with Gasteiger partial charge in [0.15, 0.2) is 0 Å². The molecule has 3 N–H and O–H groups in total. The van der Waals surface area contributed by atoms with E-state index in [4.69, 9.17) is 0 Å². The Hall–Kier alpha value is -0.120. The molecule has 0 spiro atoms. The first-order valence-electron chi connectivity index (χ1n) is 11.7. The third-order valence-electron chi connectivity index (χ3n) is 9.32. The molecule has 3 aliphatic rings. The minimum atomic E-state index is -0.174. The Labute approximate surface area is 166 Å². The van der Waals surface area contributed by atoms with Crippen molar-refractivity contribution >= 4 is 0 Å². The van der Waals surface area contributed by atoms with Gasteiger partial charge in [-0.3, -0.25) is 0 Å². The zero-order chi connectivity index (χ0) is 19.8. The quantitative estimate of drug-likeness (QED) is 0.649. The first-order chi connectivity index (χ1) is 12.6. The number of aliphatic hydroxyl groups is 3. The summed E-state index contributed by atoms with van der Waals surface area (Å²) in [6.07, 6.45) is 11.1. The van der Waals surface area contributed by atoms with Gasteiger partial charge in [-0.25, -0.2) is 0 Å². The highest BCUT2D eigenvalue weighted by atomic mass is 16.3. The molecule has 3 atom stereocenters. The van der Waals surface area contributed by atoms with E-state index in [0.29, 0.717) is 23.7 Å². The molecule has 3 unspecified atom stereocenters. The van der Waals surface area contributed by atoms with Crippen molar-refractivity contribution in [2.75, 3.05) is 0 Å². The second kappa shape index (κ2) is 8.32. The summed E-state index contributed by atoms with van der Waals surface area (Å²) in [4.78, 5) is 0. The Bertz CT molecular complexity index is 470. The standard InChI is InChI=1S/C24H44O3/c1-23(2,16-5-10-19(25)11-6-16)18-9-14-22(27)21(15-18)24(3,4)17-7-12-20(26)13-8-17/h16-22,25-27H,5-15H2,1-4H3. The van der Waals surface area contributed by atoms with Gasteiger partial charge in [0.2, 0.25) is 0 Å². The van der Waals surface area contributed by atoms with Crippen LogP contribution in [0.3, 0.4) is 0 Å². The fourth-order valence-corrected chi connectivity index (χ4v) is 6.91. The molecule has 0 bridgehead atoms. The normalized spacial score (nSPS) is 42.1. The van der Waals surface area contributed by atoms with E-state index in [1.165, 1.54) is 0 Å². The third-order valence-corrected chi connectivity index (χ3v) is 9.32. The fourth-order valence-electron chi connectivity index (χ4n) is 6.91. The summed E-state index contributed by atoms with van der Waals surface area (Å²) in [5.41, 5.74) is 0.425. The molecule has 3 rings (SSSR count). The van der Waals surface area contributed by atoms with E-state index in [9.17, 15) is 15.3 Å². The fraction of sp³-hybridized carbons (Fsp3) is 1.00. The maximum absolute atomic E-state index is 10.9. The average Bonchev–Trinajstić information content (AvgIpc) is 2.62. The number of rotatable bonds is 4. The highest BCUT2D eigenvalue weighted by molar-refractivity contribution is 4.98. The lowest BCUT2D eigenvalue weighted by Crippen LogP contribution is -2.48. The van der Waals surface area contributed by atoms with Gasteiger partial charge in [0, 0.05) is 0 Å². The van der Waals surface area contributed by atoms with Crippen molar-refractivity contribution < 1.29 is 15.3 Å². The van der Waals surface area contributed by atoms with E-state index in [0.717, 1.165) is 70.6 Å². The molecule has 3 saturated carbocycles. The van der Waals surface area contributed by atoms with Crippen LogP contribution in [0.4, 0.5) is 0 Å². The highest BCUT2D eigenvalue weighted by Gasteiger charge is 2.48. The average molecular weight is 381 g/mol. The van der Waals surface area contributed by atoms with Crippen molar-refractivity contribution in [2.45, 2.75) is 117 Å². The SMILES string of the molecule is CC(C)(C1CCC(O)CC1)C1CCC(O)C(C(C)(C)C2CCC(O)CC2)C1. The van der Waals surface area contributed by atoms with Crippen LogP contribution in [0.15, 0.2) is 0 Å². The molecule has 0 aromatic heterocycles. The van der Waals surface area contributed by atoms with E-state index in [-0.39, 0.29) is 29.1 Å². The predicted octanol–water partition coefficient (Wildman–Crippen LogP) is 4.92. The van der Waals surface area contributed by atoms with Crippen molar-refractivity contribution in [1.29, 1.82) is 0 Å². The summed E-state index contributed by atoms with van der Waals surface area (Å²) in [7, 11) is 0. The van der Waals surface area contributed by atoms with Gasteiger partial charge in [-0.15, -0.1) is 0 Å². The van der Waals surface area contributed by atoms with Crippen LogP contribution in [0.2, 0.25) is 0 Å². The Morgan fingerprint density at radius 3 is 1.41 bits per heavy atom. The molecule has 158 valence electrons. The molecule has 3 heteroatoms. The Morgan fingerprint density at radius 2 is 0.926 bits per heavy atom. The van der Waals surface area contributed by atoms with Gasteiger partial charge in [-0.2, -0.15) is 0 Å². The van der Waals surface area contributed by atoms with Crippen molar-refractivity contribution in [3.8, 4) is 0 Å². The maximum Gasteiger partial charge on any atom is 0.0573 e. The summed E-state index contributed by atoms with van der Waals surface area (Å²) in [5.74, 6) is 2.35. The van der Waals surface area contributed by atoms with Gasteiger partial charge in [0.05, 0.1) is 18.3 Å². The second-order valence-corrected chi connectivity index (χ2v) is 11.3. The third kappa shape index (κ3) is 4.56. The lowest BCUT2D eigenvalue weighted by Gasteiger charge is -2.53. The van der Waals surface area contributed by atoms with Crippen LogP contribution in [-0.4, -0.2) is 33.6 Å². The Kier molecular flexibility index (Phi) is 6.65. The van der Waals surface area contributed by atoms with Gasteiger partial charge in [0.1, 0.15) is 0 Å². The zero-order valence-electron chi connectivity index (χ0n) is 18.2. The second-order valence-electron chi connectivity index (χ2n) is 11.3. The van der Waals surface area contributed by atoms with E-state index < -0.39 is 0 Å². The highest BCUT2D eigenvalue weighted by Crippen LogP contribution is 2.55. The molecule has 0 aliphatic heterocycles. The summed E-state index contributed by atoms with van der Waals surface area (Å²) in [6.45, 7) is 9.68. The van der Waals surface area contributed by atoms with Crippen LogP contribution in [-0.2, 0) is 0 Å². The number of aliphatic hydroxyl groups excluding tert-OH is 3. The van der Waals surface area contributed by atoms with Crippen molar-refractivity contribution in [3.63, 3.8) is 0 Å². The van der Waals surface area contributed by atoms with E-state index in [2.05, 4.69) is 27.7 Å². The molecular weight excluding hydrogens is 336 g/mol. The Balaban J connectivity index is 1.69.